The number of fused-ring (bicyclic) bond motifs is 9. The molecule has 0 atom stereocenters. The molecule has 0 aliphatic heterocycles. The number of para-hydroxylation sites is 3. The molecule has 11 rings (SSSR count). The summed E-state index contributed by atoms with van der Waals surface area (Å²) in [4.78, 5) is 14.5. The van der Waals surface area contributed by atoms with Crippen LogP contribution in [0.25, 0.3) is 109 Å². The molecule has 0 bridgehead atoms. The third kappa shape index (κ3) is 4.37. The third-order valence-corrected chi connectivity index (χ3v) is 10.4. The Morgan fingerprint density at radius 2 is 1.14 bits per heavy atom. The number of hydrogen-bond acceptors (Lipinski definition) is 6. The van der Waals surface area contributed by atoms with Gasteiger partial charge in [0.15, 0.2) is 17.5 Å². The molecule has 6 heteroatoms. The summed E-state index contributed by atoms with van der Waals surface area (Å²) in [7, 11) is 0. The highest BCUT2D eigenvalue weighted by Gasteiger charge is 2.20. The summed E-state index contributed by atoms with van der Waals surface area (Å²) in [6.45, 7) is 0. The van der Waals surface area contributed by atoms with Gasteiger partial charge in [-0.25, -0.2) is 15.0 Å². The van der Waals surface area contributed by atoms with Crippen LogP contribution in [0.3, 0.4) is 0 Å². The largest absolute Gasteiger partial charge is 0.455 e. The average Bonchev–Trinajstić information content (AvgIpc) is 3.95. The zero-order valence-corrected chi connectivity index (χ0v) is 27.4. The lowest BCUT2D eigenvalue weighted by molar-refractivity contribution is 0.669. The first-order chi connectivity index (χ1) is 27.8. The number of benzene rings is 7. The lowest BCUT2D eigenvalue weighted by Gasteiger charge is -2.08. The average molecular weight is 678 g/mol. The molecule has 0 saturated carbocycles. The minimum absolute atomic E-state index is 0.0129. The maximum absolute atomic E-state index is 9.60. The summed E-state index contributed by atoms with van der Waals surface area (Å²) in [5.41, 5.74) is 3.46. The van der Waals surface area contributed by atoms with Gasteiger partial charge in [-0.2, -0.15) is 0 Å². The van der Waals surface area contributed by atoms with Crippen molar-refractivity contribution in [2.45, 2.75) is 0 Å². The lowest BCUT2D eigenvalue weighted by Crippen LogP contribution is -2.00. The molecule has 5 nitrogen and oxygen atoms in total. The number of rotatable bonds is 4. The molecule has 4 aromatic heterocycles. The molecule has 51 heavy (non-hydrogen) atoms. The third-order valence-electron chi connectivity index (χ3n) is 9.27. The van der Waals surface area contributed by atoms with Crippen LogP contribution < -0.4 is 0 Å². The van der Waals surface area contributed by atoms with Crippen molar-refractivity contribution in [1.29, 1.82) is 0 Å². The summed E-state index contributed by atoms with van der Waals surface area (Å²) in [5.74, 6) is 0.535. The number of hydrogen-bond donors (Lipinski definition) is 0. The molecule has 0 saturated heterocycles. The standard InChI is InChI=1S/C45H25N3O2S/c1-2-11-26(12-3-1)43-46-44(48-45(47-43)35-19-9-17-31-28-13-4-6-20-36(28)49-42(31)35)27-23-24-29-32-16-8-18-33(41(32)50-37(29)25-27)30-15-10-22-39-40(30)34-14-5-7-21-38(34)51-39/h1-25H/i8D,16D,18D,23D,24D,25D. The molecular formula is C45H25N3O2S. The second-order valence-electron chi connectivity index (χ2n) is 12.2. The Balaban J connectivity index is 1.21. The Bertz CT molecular complexity index is 3510. The number of furan rings is 2. The minimum atomic E-state index is -0.346. The van der Waals surface area contributed by atoms with E-state index in [9.17, 15) is 4.11 Å². The van der Waals surface area contributed by atoms with Crippen LogP contribution in [0.5, 0.6) is 0 Å². The minimum Gasteiger partial charge on any atom is -0.455 e. The van der Waals surface area contributed by atoms with Crippen molar-refractivity contribution >= 4 is 75.4 Å². The second-order valence-corrected chi connectivity index (χ2v) is 13.3. The highest BCUT2D eigenvalue weighted by molar-refractivity contribution is 7.25. The predicted molar refractivity (Wildman–Crippen MR) is 209 cm³/mol. The fourth-order valence-electron chi connectivity index (χ4n) is 6.95. The first kappa shape index (κ1) is 22.9. The quantitative estimate of drug-likeness (QED) is 0.185. The SMILES string of the molecule is [2H]c1c([2H])c([2H])c2c(oc3c([2H])c(-c4nc(-c5ccccc5)nc(-c5cccc6c5oc5ccccc56)n4)c([2H])c([2H])c32)c1-c1cccc2sc3ccccc3c12. The molecule has 7 aromatic carbocycles. The highest BCUT2D eigenvalue weighted by Crippen LogP contribution is 2.44. The summed E-state index contributed by atoms with van der Waals surface area (Å²) >= 11 is 1.62. The van der Waals surface area contributed by atoms with Crippen molar-refractivity contribution in [3.8, 4) is 45.3 Å². The van der Waals surface area contributed by atoms with E-state index in [1.165, 1.54) is 0 Å². The van der Waals surface area contributed by atoms with Gasteiger partial charge >= 0.3 is 0 Å². The maximum atomic E-state index is 9.60. The van der Waals surface area contributed by atoms with Crippen LogP contribution in [0.2, 0.25) is 0 Å². The van der Waals surface area contributed by atoms with Crippen LogP contribution in [0, 0.1) is 0 Å². The molecule has 0 radical (unpaired) electrons. The Kier molecular flexibility index (Phi) is 4.91. The van der Waals surface area contributed by atoms with Gasteiger partial charge in [-0.3, -0.25) is 0 Å². The van der Waals surface area contributed by atoms with E-state index in [2.05, 4.69) is 0 Å². The van der Waals surface area contributed by atoms with E-state index in [1.54, 1.807) is 11.3 Å². The van der Waals surface area contributed by atoms with Crippen LogP contribution in [-0.4, -0.2) is 15.0 Å². The molecule has 238 valence electrons. The van der Waals surface area contributed by atoms with Crippen LogP contribution in [0.1, 0.15) is 8.22 Å². The summed E-state index contributed by atoms with van der Waals surface area (Å²) in [6.07, 6.45) is 0. The van der Waals surface area contributed by atoms with Crippen molar-refractivity contribution in [2.75, 3.05) is 0 Å². The Morgan fingerprint density at radius 3 is 2.06 bits per heavy atom. The lowest BCUT2D eigenvalue weighted by atomic mass is 9.97. The predicted octanol–water partition coefficient (Wildman–Crippen LogP) is 12.7. The molecule has 11 aromatic rings. The van der Waals surface area contributed by atoms with Gasteiger partial charge in [0.05, 0.1) is 13.8 Å². The zero-order chi connectivity index (χ0) is 38.7. The number of aromatic nitrogens is 3. The first-order valence-corrected chi connectivity index (χ1v) is 17.2. The van der Waals surface area contributed by atoms with Gasteiger partial charge in [-0.05, 0) is 41.9 Å². The number of thiophene rings is 1. The summed E-state index contributed by atoms with van der Waals surface area (Å²) in [6, 6.07) is 34.8. The van der Waals surface area contributed by atoms with Gasteiger partial charge in [-0.1, -0.05) is 115 Å². The van der Waals surface area contributed by atoms with Gasteiger partial charge in [0, 0.05) is 58.4 Å². The topological polar surface area (TPSA) is 65.0 Å². The Labute approximate surface area is 303 Å². The molecule has 0 aliphatic carbocycles. The van der Waals surface area contributed by atoms with Crippen molar-refractivity contribution in [3.05, 3.63) is 152 Å². The van der Waals surface area contributed by atoms with Gasteiger partial charge in [0.1, 0.15) is 22.3 Å². The summed E-state index contributed by atoms with van der Waals surface area (Å²) in [5, 5.41) is 3.84. The smallest absolute Gasteiger partial charge is 0.167 e. The zero-order valence-electron chi connectivity index (χ0n) is 32.5. The van der Waals surface area contributed by atoms with Gasteiger partial charge in [0.25, 0.3) is 0 Å². The fourth-order valence-corrected chi connectivity index (χ4v) is 8.08. The van der Waals surface area contributed by atoms with Gasteiger partial charge in [0.2, 0.25) is 0 Å². The molecule has 0 amide bonds. The van der Waals surface area contributed by atoms with Crippen molar-refractivity contribution < 1.29 is 17.1 Å². The van der Waals surface area contributed by atoms with Crippen molar-refractivity contribution in [3.63, 3.8) is 0 Å². The highest BCUT2D eigenvalue weighted by atomic mass is 32.1. The van der Waals surface area contributed by atoms with E-state index in [0.29, 0.717) is 33.7 Å². The number of nitrogens with zero attached hydrogens (tertiary/aromatic N) is 3. The molecular weight excluding hydrogens is 647 g/mol. The van der Waals surface area contributed by atoms with Gasteiger partial charge < -0.3 is 8.83 Å². The van der Waals surface area contributed by atoms with Crippen molar-refractivity contribution in [2.24, 2.45) is 0 Å². The molecule has 4 heterocycles. The fraction of sp³-hybridized carbons (Fsp3) is 0. The van der Waals surface area contributed by atoms with E-state index >= 15 is 0 Å². The van der Waals surface area contributed by atoms with E-state index in [0.717, 1.165) is 30.9 Å². The van der Waals surface area contributed by atoms with Gasteiger partial charge in [-0.15, -0.1) is 11.3 Å². The molecule has 0 aliphatic rings. The molecule has 0 spiro atoms. The molecule has 0 unspecified atom stereocenters. The molecule has 0 fully saturated rings. The van der Waals surface area contributed by atoms with Crippen LogP contribution >= 0.6 is 11.3 Å². The van der Waals surface area contributed by atoms with E-state index < -0.39 is 0 Å². The summed E-state index contributed by atoms with van der Waals surface area (Å²) < 4.78 is 70.4. The molecule has 0 N–H and O–H groups in total. The second kappa shape index (κ2) is 10.9. The Morgan fingerprint density at radius 1 is 0.451 bits per heavy atom. The van der Waals surface area contributed by atoms with E-state index in [-0.39, 0.29) is 81.0 Å². The van der Waals surface area contributed by atoms with E-state index in [4.69, 9.17) is 27.9 Å². The maximum Gasteiger partial charge on any atom is 0.167 e. The Hall–Kier alpha value is -6.63. The van der Waals surface area contributed by atoms with E-state index in [1.807, 2.05) is 115 Å². The van der Waals surface area contributed by atoms with Crippen LogP contribution in [0.4, 0.5) is 0 Å². The van der Waals surface area contributed by atoms with Crippen molar-refractivity contribution in [1.82, 2.24) is 15.0 Å². The first-order valence-electron chi connectivity index (χ1n) is 19.4. The van der Waals surface area contributed by atoms with Crippen LogP contribution in [0.15, 0.2) is 160 Å². The monoisotopic (exact) mass is 677 g/mol. The normalized spacial score (nSPS) is 13.6. The van der Waals surface area contributed by atoms with Crippen LogP contribution in [-0.2, 0) is 0 Å².